The summed E-state index contributed by atoms with van der Waals surface area (Å²) in [6.07, 6.45) is 2.18. The van der Waals surface area contributed by atoms with E-state index in [9.17, 15) is 14.9 Å². The summed E-state index contributed by atoms with van der Waals surface area (Å²) in [7, 11) is 0. The van der Waals surface area contributed by atoms with Gasteiger partial charge in [0.2, 0.25) is 6.79 Å². The Morgan fingerprint density at radius 1 is 1.07 bits per heavy atom. The molecular formula is C20H14N2O5. The van der Waals surface area contributed by atoms with Crippen molar-refractivity contribution in [2.75, 3.05) is 6.79 Å². The van der Waals surface area contributed by atoms with Crippen molar-refractivity contribution in [2.45, 2.75) is 12.3 Å². The zero-order chi connectivity index (χ0) is 18.5. The molecular weight excluding hydrogens is 348 g/mol. The van der Waals surface area contributed by atoms with Gasteiger partial charge in [-0.05, 0) is 23.8 Å². The number of carbonyl (C=O) groups excluding carboxylic acids is 1. The highest BCUT2D eigenvalue weighted by Crippen LogP contribution is 2.42. The molecule has 5 rings (SSSR count). The first-order chi connectivity index (χ1) is 13.1. The Bertz CT molecular complexity index is 1080. The molecule has 0 radical (unpaired) electrons. The molecule has 1 aromatic heterocycles. The fourth-order valence-corrected chi connectivity index (χ4v) is 3.77. The average molecular weight is 362 g/mol. The van der Waals surface area contributed by atoms with Gasteiger partial charge >= 0.3 is 0 Å². The number of ketones is 1. The molecule has 0 saturated carbocycles. The molecule has 0 amide bonds. The van der Waals surface area contributed by atoms with Crippen molar-refractivity contribution in [2.24, 2.45) is 0 Å². The summed E-state index contributed by atoms with van der Waals surface area (Å²) >= 11 is 0. The molecule has 0 fully saturated rings. The van der Waals surface area contributed by atoms with Crippen LogP contribution in [-0.4, -0.2) is 22.1 Å². The largest absolute Gasteiger partial charge is 0.454 e. The lowest BCUT2D eigenvalue weighted by atomic mass is 9.90. The zero-order valence-corrected chi connectivity index (χ0v) is 14.1. The SMILES string of the molecule is O=C1CC(c2ccc([N+](=O)[O-])cc2)c2cccn2-c2cc3c(cc21)OCO3. The number of nitro groups is 1. The second kappa shape index (κ2) is 5.70. The van der Waals surface area contributed by atoms with Crippen LogP contribution in [0, 0.1) is 10.1 Å². The second-order valence-corrected chi connectivity index (χ2v) is 6.55. The molecule has 1 unspecified atom stereocenters. The Morgan fingerprint density at radius 3 is 2.56 bits per heavy atom. The maximum atomic E-state index is 13.0. The van der Waals surface area contributed by atoms with Crippen molar-refractivity contribution in [3.63, 3.8) is 0 Å². The number of nitrogens with zero attached hydrogens (tertiary/aromatic N) is 2. The molecule has 2 aliphatic heterocycles. The molecule has 0 aliphatic carbocycles. The number of hydrogen-bond acceptors (Lipinski definition) is 5. The number of nitro benzene ring substituents is 1. The first-order valence-electron chi connectivity index (χ1n) is 8.50. The number of Topliss-reactive ketones (excluding diaryl/α,β-unsaturated/α-hetero) is 1. The van der Waals surface area contributed by atoms with Gasteiger partial charge in [-0.1, -0.05) is 12.1 Å². The van der Waals surface area contributed by atoms with Crippen LogP contribution in [0.1, 0.15) is 34.0 Å². The molecule has 0 bridgehead atoms. The number of rotatable bonds is 2. The third kappa shape index (κ3) is 2.39. The molecule has 134 valence electrons. The van der Waals surface area contributed by atoms with E-state index in [2.05, 4.69) is 0 Å². The first kappa shape index (κ1) is 15.6. The van der Waals surface area contributed by atoms with Gasteiger partial charge in [-0.3, -0.25) is 14.9 Å². The van der Waals surface area contributed by atoms with Crippen LogP contribution in [0.25, 0.3) is 5.69 Å². The van der Waals surface area contributed by atoms with Crippen molar-refractivity contribution in [3.8, 4) is 17.2 Å². The van der Waals surface area contributed by atoms with Crippen molar-refractivity contribution in [1.29, 1.82) is 0 Å². The minimum Gasteiger partial charge on any atom is -0.454 e. The summed E-state index contributed by atoms with van der Waals surface area (Å²) < 4.78 is 12.9. The highest BCUT2D eigenvalue weighted by Gasteiger charge is 2.30. The predicted molar refractivity (Wildman–Crippen MR) is 95.8 cm³/mol. The molecule has 7 heteroatoms. The maximum Gasteiger partial charge on any atom is 0.269 e. The lowest BCUT2D eigenvalue weighted by Crippen LogP contribution is -2.07. The van der Waals surface area contributed by atoms with Gasteiger partial charge in [0.05, 0.1) is 10.6 Å². The summed E-state index contributed by atoms with van der Waals surface area (Å²) in [5.41, 5.74) is 3.19. The monoisotopic (exact) mass is 362 g/mol. The summed E-state index contributed by atoms with van der Waals surface area (Å²) in [4.78, 5) is 23.5. The molecule has 2 aromatic carbocycles. The van der Waals surface area contributed by atoms with Crippen LogP contribution >= 0.6 is 0 Å². The van der Waals surface area contributed by atoms with Crippen molar-refractivity contribution in [1.82, 2.24) is 4.57 Å². The maximum absolute atomic E-state index is 13.0. The van der Waals surface area contributed by atoms with Crippen molar-refractivity contribution in [3.05, 3.63) is 81.7 Å². The van der Waals surface area contributed by atoms with E-state index in [0.29, 0.717) is 17.1 Å². The standard InChI is InChI=1S/C20H14N2O5/c23-18-8-14(12-3-5-13(6-4-12)22(24)25)16-2-1-7-21(16)17-10-20-19(9-15(17)18)26-11-27-20/h1-7,9-10,14H,8,11H2. The van der Waals surface area contributed by atoms with E-state index in [1.807, 2.05) is 29.0 Å². The Morgan fingerprint density at radius 2 is 1.81 bits per heavy atom. The second-order valence-electron chi connectivity index (χ2n) is 6.55. The summed E-state index contributed by atoms with van der Waals surface area (Å²) in [6, 6.07) is 13.9. The minimum absolute atomic E-state index is 0.00430. The van der Waals surface area contributed by atoms with Crippen LogP contribution in [0.5, 0.6) is 11.5 Å². The van der Waals surface area contributed by atoms with E-state index in [1.54, 1.807) is 18.2 Å². The number of non-ortho nitro benzene ring substituents is 1. The molecule has 0 spiro atoms. The van der Waals surface area contributed by atoms with Gasteiger partial charge in [-0.25, -0.2) is 0 Å². The molecule has 0 saturated heterocycles. The Labute approximate surface area is 153 Å². The van der Waals surface area contributed by atoms with Crippen molar-refractivity contribution < 1.29 is 19.2 Å². The summed E-state index contributed by atoms with van der Waals surface area (Å²) in [5, 5.41) is 10.9. The quantitative estimate of drug-likeness (QED) is 0.511. The smallest absolute Gasteiger partial charge is 0.269 e. The van der Waals surface area contributed by atoms with E-state index in [4.69, 9.17) is 9.47 Å². The van der Waals surface area contributed by atoms with Crippen molar-refractivity contribution >= 4 is 11.5 Å². The predicted octanol–water partition coefficient (Wildman–Crippen LogP) is 3.83. The molecule has 7 nitrogen and oxygen atoms in total. The number of benzene rings is 2. The lowest BCUT2D eigenvalue weighted by molar-refractivity contribution is -0.384. The van der Waals surface area contributed by atoms with Gasteiger partial charge in [-0.2, -0.15) is 0 Å². The van der Waals surface area contributed by atoms with Gasteiger partial charge in [0.15, 0.2) is 17.3 Å². The fraction of sp³-hybridized carbons (Fsp3) is 0.150. The number of hydrogen-bond donors (Lipinski definition) is 0. The highest BCUT2D eigenvalue weighted by molar-refractivity contribution is 6.01. The Hall–Kier alpha value is -3.61. The van der Waals surface area contributed by atoms with E-state index < -0.39 is 4.92 Å². The van der Waals surface area contributed by atoms with Crippen LogP contribution in [0.2, 0.25) is 0 Å². The Kier molecular flexibility index (Phi) is 3.30. The first-order valence-corrected chi connectivity index (χ1v) is 8.50. The van der Waals surface area contributed by atoms with Crippen LogP contribution in [0.15, 0.2) is 54.7 Å². The number of fused-ring (bicyclic) bond motifs is 4. The van der Waals surface area contributed by atoms with Gasteiger partial charge in [0.1, 0.15) is 0 Å². The van der Waals surface area contributed by atoms with E-state index >= 15 is 0 Å². The van der Waals surface area contributed by atoms with E-state index in [1.165, 1.54) is 12.1 Å². The highest BCUT2D eigenvalue weighted by atomic mass is 16.7. The third-order valence-corrected chi connectivity index (χ3v) is 5.08. The minimum atomic E-state index is -0.428. The van der Waals surface area contributed by atoms with E-state index in [-0.39, 0.29) is 30.6 Å². The van der Waals surface area contributed by atoms with Crippen LogP contribution in [0.4, 0.5) is 5.69 Å². The van der Waals surface area contributed by atoms with Crippen LogP contribution in [0.3, 0.4) is 0 Å². The Balaban J connectivity index is 1.64. The summed E-state index contributed by atoms with van der Waals surface area (Å²) in [5.74, 6) is 0.993. The number of aromatic nitrogens is 1. The van der Waals surface area contributed by atoms with Gasteiger partial charge in [0, 0.05) is 48.0 Å². The van der Waals surface area contributed by atoms with Gasteiger partial charge in [-0.15, -0.1) is 0 Å². The van der Waals surface area contributed by atoms with Crippen LogP contribution < -0.4 is 9.47 Å². The zero-order valence-electron chi connectivity index (χ0n) is 14.1. The van der Waals surface area contributed by atoms with Crippen LogP contribution in [-0.2, 0) is 0 Å². The van der Waals surface area contributed by atoms with Gasteiger partial charge < -0.3 is 14.0 Å². The molecule has 27 heavy (non-hydrogen) atoms. The topological polar surface area (TPSA) is 83.6 Å². The third-order valence-electron chi connectivity index (χ3n) is 5.08. The number of ether oxygens (including phenoxy) is 2. The molecule has 3 aromatic rings. The summed E-state index contributed by atoms with van der Waals surface area (Å²) in [6.45, 7) is 0.149. The number of carbonyl (C=O) groups is 1. The molecule has 2 aliphatic rings. The molecule has 3 heterocycles. The normalized spacial score (nSPS) is 17.2. The molecule has 0 N–H and O–H groups in total. The van der Waals surface area contributed by atoms with Gasteiger partial charge in [0.25, 0.3) is 5.69 Å². The lowest BCUT2D eigenvalue weighted by Gasteiger charge is -2.16. The van der Waals surface area contributed by atoms with E-state index in [0.717, 1.165) is 16.9 Å². The average Bonchev–Trinajstić information content (AvgIpc) is 3.31. The fourth-order valence-electron chi connectivity index (χ4n) is 3.77. The molecule has 1 atom stereocenters.